The zero-order chi connectivity index (χ0) is 13.9. The first-order chi connectivity index (χ1) is 9.78. The van der Waals surface area contributed by atoms with Crippen LogP contribution in [-0.2, 0) is 6.42 Å². The Balaban J connectivity index is 1.91. The van der Waals surface area contributed by atoms with Gasteiger partial charge >= 0.3 is 0 Å². The molecule has 0 heterocycles. The van der Waals surface area contributed by atoms with E-state index in [4.69, 9.17) is 16.3 Å². The van der Waals surface area contributed by atoms with Crippen LogP contribution in [0, 0.1) is 0 Å². The van der Waals surface area contributed by atoms with Crippen molar-refractivity contribution in [2.24, 2.45) is 0 Å². The first-order valence-corrected chi connectivity index (χ1v) is 7.33. The second kappa shape index (κ2) is 5.76. The van der Waals surface area contributed by atoms with E-state index in [0.29, 0.717) is 6.04 Å². The molecular weight excluding hydrogens is 270 g/mol. The van der Waals surface area contributed by atoms with E-state index in [1.54, 1.807) is 7.11 Å². The molecule has 0 bridgehead atoms. The Labute approximate surface area is 124 Å². The van der Waals surface area contributed by atoms with E-state index in [2.05, 4.69) is 17.4 Å². The summed E-state index contributed by atoms with van der Waals surface area (Å²) in [6, 6.07) is 14.5. The van der Waals surface area contributed by atoms with E-state index in [-0.39, 0.29) is 0 Å². The lowest BCUT2D eigenvalue weighted by molar-refractivity contribution is 0.413. The smallest absolute Gasteiger partial charge is 0.119 e. The van der Waals surface area contributed by atoms with E-state index in [1.807, 2.05) is 30.3 Å². The Morgan fingerprint density at radius 3 is 2.85 bits per heavy atom. The summed E-state index contributed by atoms with van der Waals surface area (Å²) in [6.07, 6.45) is 3.45. The molecule has 0 saturated heterocycles. The Kier molecular flexibility index (Phi) is 3.83. The molecule has 0 radical (unpaired) electrons. The van der Waals surface area contributed by atoms with Crippen molar-refractivity contribution in [3.63, 3.8) is 0 Å². The maximum Gasteiger partial charge on any atom is 0.119 e. The van der Waals surface area contributed by atoms with Crippen molar-refractivity contribution in [3.8, 4) is 5.75 Å². The number of benzene rings is 2. The summed E-state index contributed by atoms with van der Waals surface area (Å²) in [5.74, 6) is 0.914. The number of hydrogen-bond donors (Lipinski definition) is 1. The number of hydrogen-bond acceptors (Lipinski definition) is 2. The number of halogens is 1. The van der Waals surface area contributed by atoms with Crippen LogP contribution < -0.4 is 10.1 Å². The molecule has 0 spiro atoms. The highest BCUT2D eigenvalue weighted by atomic mass is 35.5. The molecule has 20 heavy (non-hydrogen) atoms. The number of aryl methyl sites for hydroxylation is 1. The number of anilines is 1. The first-order valence-electron chi connectivity index (χ1n) is 6.96. The van der Waals surface area contributed by atoms with Gasteiger partial charge in [-0.05, 0) is 54.7 Å². The minimum absolute atomic E-state index is 0.300. The van der Waals surface area contributed by atoms with Gasteiger partial charge in [0.2, 0.25) is 0 Å². The van der Waals surface area contributed by atoms with Crippen LogP contribution in [0.1, 0.15) is 30.0 Å². The van der Waals surface area contributed by atoms with E-state index >= 15 is 0 Å². The molecule has 3 rings (SSSR count). The van der Waals surface area contributed by atoms with E-state index in [9.17, 15) is 0 Å². The van der Waals surface area contributed by atoms with Gasteiger partial charge in [-0.25, -0.2) is 0 Å². The van der Waals surface area contributed by atoms with E-state index in [1.165, 1.54) is 17.5 Å². The normalized spacial score (nSPS) is 17.4. The quantitative estimate of drug-likeness (QED) is 0.872. The van der Waals surface area contributed by atoms with Gasteiger partial charge in [-0.1, -0.05) is 29.8 Å². The number of methoxy groups -OCH3 is 1. The highest BCUT2D eigenvalue weighted by Crippen LogP contribution is 2.36. The van der Waals surface area contributed by atoms with E-state index in [0.717, 1.165) is 29.3 Å². The molecule has 1 unspecified atom stereocenters. The van der Waals surface area contributed by atoms with Crippen LogP contribution in [0.15, 0.2) is 42.5 Å². The van der Waals surface area contributed by atoms with Crippen molar-refractivity contribution in [2.45, 2.75) is 25.3 Å². The molecule has 2 aromatic rings. The summed E-state index contributed by atoms with van der Waals surface area (Å²) in [6.45, 7) is 0. The molecule has 0 aromatic heterocycles. The predicted molar refractivity (Wildman–Crippen MR) is 83.7 cm³/mol. The van der Waals surface area contributed by atoms with Gasteiger partial charge in [-0.2, -0.15) is 0 Å². The van der Waals surface area contributed by atoms with E-state index < -0.39 is 0 Å². The van der Waals surface area contributed by atoms with Gasteiger partial charge in [0.1, 0.15) is 5.75 Å². The minimum Gasteiger partial charge on any atom is -0.497 e. The zero-order valence-electron chi connectivity index (χ0n) is 11.5. The van der Waals surface area contributed by atoms with Crippen LogP contribution in [0.4, 0.5) is 5.69 Å². The van der Waals surface area contributed by atoms with Crippen LogP contribution in [0.25, 0.3) is 0 Å². The predicted octanol–water partition coefficient (Wildman–Crippen LogP) is 4.84. The maximum absolute atomic E-state index is 6.24. The standard InChI is InChI=1S/C17H18ClNO/c1-20-13-10-9-12-5-4-8-16(14(12)11-13)19-17-7-3-2-6-15(17)18/h2-3,6-7,9-11,16,19H,4-5,8H2,1H3. The van der Waals surface area contributed by atoms with Crippen LogP contribution in [0.2, 0.25) is 5.02 Å². The van der Waals surface area contributed by atoms with Crippen LogP contribution in [0.3, 0.4) is 0 Å². The number of para-hydroxylation sites is 1. The van der Waals surface area contributed by atoms with Crippen molar-refractivity contribution in [3.05, 3.63) is 58.6 Å². The molecule has 1 aliphatic carbocycles. The fourth-order valence-corrected chi connectivity index (χ4v) is 3.01. The maximum atomic E-state index is 6.24. The van der Waals surface area contributed by atoms with Crippen molar-refractivity contribution in [1.29, 1.82) is 0 Å². The Morgan fingerprint density at radius 2 is 2.05 bits per heavy atom. The lowest BCUT2D eigenvalue weighted by Gasteiger charge is -2.28. The summed E-state index contributed by atoms with van der Waals surface area (Å²) in [4.78, 5) is 0. The highest BCUT2D eigenvalue weighted by Gasteiger charge is 2.21. The molecule has 0 aliphatic heterocycles. The average molecular weight is 288 g/mol. The molecule has 104 valence electrons. The number of fused-ring (bicyclic) bond motifs is 1. The Morgan fingerprint density at radius 1 is 1.20 bits per heavy atom. The molecule has 2 aromatic carbocycles. The van der Waals surface area contributed by atoms with Gasteiger partial charge in [0.25, 0.3) is 0 Å². The second-order valence-electron chi connectivity index (χ2n) is 5.13. The topological polar surface area (TPSA) is 21.3 Å². The van der Waals surface area contributed by atoms with Crippen molar-refractivity contribution >= 4 is 17.3 Å². The monoisotopic (exact) mass is 287 g/mol. The number of nitrogens with one attached hydrogen (secondary N) is 1. The molecular formula is C17H18ClNO. The average Bonchev–Trinajstić information content (AvgIpc) is 2.49. The summed E-state index contributed by atoms with van der Waals surface area (Å²) in [5.41, 5.74) is 3.73. The summed E-state index contributed by atoms with van der Waals surface area (Å²) in [5, 5.41) is 4.34. The molecule has 2 nitrogen and oxygen atoms in total. The number of ether oxygens (including phenoxy) is 1. The second-order valence-corrected chi connectivity index (χ2v) is 5.54. The van der Waals surface area contributed by atoms with Gasteiger partial charge in [-0.15, -0.1) is 0 Å². The molecule has 1 atom stereocenters. The summed E-state index contributed by atoms with van der Waals surface area (Å²) < 4.78 is 5.35. The molecule has 0 fully saturated rings. The summed E-state index contributed by atoms with van der Waals surface area (Å²) >= 11 is 6.24. The van der Waals surface area contributed by atoms with Crippen molar-refractivity contribution in [1.82, 2.24) is 0 Å². The van der Waals surface area contributed by atoms with Crippen LogP contribution >= 0.6 is 11.6 Å². The zero-order valence-corrected chi connectivity index (χ0v) is 12.3. The highest BCUT2D eigenvalue weighted by molar-refractivity contribution is 6.33. The molecule has 1 N–H and O–H groups in total. The Hall–Kier alpha value is -1.67. The SMILES string of the molecule is COc1ccc2c(c1)C(Nc1ccccc1Cl)CCC2. The van der Waals surface area contributed by atoms with Crippen LogP contribution in [0.5, 0.6) is 5.75 Å². The fourth-order valence-electron chi connectivity index (χ4n) is 2.82. The molecule has 0 saturated carbocycles. The molecule has 1 aliphatic rings. The molecule has 3 heteroatoms. The molecule has 0 amide bonds. The Bertz CT molecular complexity index is 612. The largest absolute Gasteiger partial charge is 0.497 e. The number of rotatable bonds is 3. The third-order valence-electron chi connectivity index (χ3n) is 3.87. The fraction of sp³-hybridized carbons (Fsp3) is 0.294. The van der Waals surface area contributed by atoms with Gasteiger partial charge in [0, 0.05) is 0 Å². The van der Waals surface area contributed by atoms with Gasteiger partial charge in [0.05, 0.1) is 23.9 Å². The third-order valence-corrected chi connectivity index (χ3v) is 4.20. The van der Waals surface area contributed by atoms with Gasteiger partial charge in [0.15, 0.2) is 0 Å². The third kappa shape index (κ3) is 2.61. The van der Waals surface area contributed by atoms with Gasteiger partial charge < -0.3 is 10.1 Å². The van der Waals surface area contributed by atoms with Crippen molar-refractivity contribution < 1.29 is 4.74 Å². The van der Waals surface area contributed by atoms with Crippen molar-refractivity contribution in [2.75, 3.05) is 12.4 Å². The lowest BCUT2D eigenvalue weighted by Crippen LogP contribution is -2.17. The first kappa shape index (κ1) is 13.3. The van der Waals surface area contributed by atoms with Gasteiger partial charge in [-0.3, -0.25) is 0 Å². The lowest BCUT2D eigenvalue weighted by atomic mass is 9.87. The summed E-state index contributed by atoms with van der Waals surface area (Å²) in [7, 11) is 1.71. The van der Waals surface area contributed by atoms with Crippen LogP contribution in [-0.4, -0.2) is 7.11 Å². The minimum atomic E-state index is 0.300.